The number of hydrogen-bond acceptors (Lipinski definition) is 2. The molecule has 2 unspecified atom stereocenters. The fraction of sp³-hybridized carbons (Fsp3) is 0.867. The molecule has 3 fully saturated rings. The highest BCUT2D eigenvalue weighted by molar-refractivity contribution is 5.31. The van der Waals surface area contributed by atoms with E-state index in [-0.39, 0.29) is 6.10 Å². The van der Waals surface area contributed by atoms with Gasteiger partial charge in [0.25, 0.3) is 0 Å². The van der Waals surface area contributed by atoms with Gasteiger partial charge in [0.1, 0.15) is 0 Å². The largest absolute Gasteiger partial charge is 0.393 e. The lowest BCUT2D eigenvalue weighted by Gasteiger charge is -2.56. The van der Waals surface area contributed by atoms with Gasteiger partial charge in [0.15, 0.2) is 0 Å². The lowest BCUT2D eigenvalue weighted by Crippen LogP contribution is -2.47. The zero-order chi connectivity index (χ0) is 23.4. The molecule has 2 heteroatoms. The van der Waals surface area contributed by atoms with Crippen LogP contribution in [0.5, 0.6) is 0 Å². The summed E-state index contributed by atoms with van der Waals surface area (Å²) < 4.78 is 0. The van der Waals surface area contributed by atoms with Crippen molar-refractivity contribution in [2.24, 2.45) is 29.1 Å². The summed E-state index contributed by atoms with van der Waals surface area (Å²) in [4.78, 5) is 0. The minimum absolute atomic E-state index is 0.161. The second-order valence-corrected chi connectivity index (χ2v) is 12.5. The molecule has 3 rings (SSSR count). The van der Waals surface area contributed by atoms with Gasteiger partial charge in [-0.2, -0.15) is 0 Å². The number of aliphatic hydroxyl groups is 2. The van der Waals surface area contributed by atoms with Gasteiger partial charge < -0.3 is 10.2 Å². The van der Waals surface area contributed by atoms with Crippen molar-refractivity contribution in [1.82, 2.24) is 0 Å². The summed E-state index contributed by atoms with van der Waals surface area (Å²) >= 11 is 0. The molecule has 0 heterocycles. The molecule has 0 saturated heterocycles. The second kappa shape index (κ2) is 11.2. The highest BCUT2D eigenvalue weighted by Gasteiger charge is 2.50. The highest BCUT2D eigenvalue weighted by atomic mass is 16.3. The smallest absolute Gasteiger partial charge is 0.0591 e. The van der Waals surface area contributed by atoms with Crippen molar-refractivity contribution >= 4 is 0 Å². The number of hydrogen-bond donors (Lipinski definition) is 2. The third kappa shape index (κ3) is 6.50. The summed E-state index contributed by atoms with van der Waals surface area (Å²) in [5.74, 6) is 3.43. The van der Waals surface area contributed by atoms with Gasteiger partial charge in [-0.3, -0.25) is 0 Å². The van der Waals surface area contributed by atoms with Crippen molar-refractivity contribution in [1.29, 1.82) is 0 Å². The van der Waals surface area contributed by atoms with Crippen molar-refractivity contribution in [2.75, 3.05) is 0 Å². The maximum atomic E-state index is 10.2. The van der Waals surface area contributed by atoms with E-state index in [1.54, 1.807) is 0 Å². The molecule has 3 saturated carbocycles. The van der Waals surface area contributed by atoms with Gasteiger partial charge in [-0.05, 0) is 106 Å². The molecule has 6 atom stereocenters. The van der Waals surface area contributed by atoms with Gasteiger partial charge in [-0.15, -0.1) is 0 Å². The Balaban J connectivity index is 1.63. The second-order valence-electron chi connectivity index (χ2n) is 12.5. The van der Waals surface area contributed by atoms with Gasteiger partial charge in [-0.1, -0.05) is 70.6 Å². The SMILES string of the molecule is C=C1CC[C@H](O)CC1=CCCC1CCC[C@]2(C)[C@@H](C(CC)CCCC(C)(C)O)CCC[C@@H]12. The van der Waals surface area contributed by atoms with E-state index < -0.39 is 5.60 Å². The average Bonchev–Trinajstić information content (AvgIpc) is 2.72. The van der Waals surface area contributed by atoms with Crippen LogP contribution in [0.1, 0.15) is 124 Å². The normalized spacial score (nSPS) is 36.2. The Labute approximate surface area is 199 Å². The maximum Gasteiger partial charge on any atom is 0.0591 e. The Morgan fingerprint density at radius 3 is 2.69 bits per heavy atom. The maximum absolute atomic E-state index is 10.2. The van der Waals surface area contributed by atoms with Crippen molar-refractivity contribution in [3.63, 3.8) is 0 Å². The van der Waals surface area contributed by atoms with Crippen molar-refractivity contribution < 1.29 is 10.2 Å². The molecular formula is C30H52O2. The summed E-state index contributed by atoms with van der Waals surface area (Å²) in [7, 11) is 0. The first kappa shape index (κ1) is 26.0. The quantitative estimate of drug-likeness (QED) is 0.378. The van der Waals surface area contributed by atoms with Crippen LogP contribution in [0.3, 0.4) is 0 Å². The minimum atomic E-state index is -0.526. The molecule has 2 nitrogen and oxygen atoms in total. The Hall–Kier alpha value is -0.600. The van der Waals surface area contributed by atoms with Crippen LogP contribution >= 0.6 is 0 Å². The van der Waals surface area contributed by atoms with Crippen LogP contribution < -0.4 is 0 Å². The molecule has 0 aromatic heterocycles. The van der Waals surface area contributed by atoms with Crippen molar-refractivity contribution in [3.05, 3.63) is 23.8 Å². The summed E-state index contributed by atoms with van der Waals surface area (Å²) in [5, 5.41) is 20.2. The monoisotopic (exact) mass is 444 g/mol. The Morgan fingerprint density at radius 1 is 1.19 bits per heavy atom. The number of rotatable bonds is 9. The van der Waals surface area contributed by atoms with Crippen molar-refractivity contribution in [2.45, 2.75) is 136 Å². The molecule has 3 aliphatic carbocycles. The first-order chi connectivity index (χ1) is 15.1. The zero-order valence-corrected chi connectivity index (χ0v) is 21.7. The standard InChI is InChI=1S/C30H52O2/c1-6-23(13-9-19-29(3,4)32)27-15-8-16-28-24(14-10-20-30(27,28)5)11-7-12-25-21-26(31)18-17-22(25)2/h12,23-24,26-28,31-32H,2,6-11,13-21H2,1,3-5H3/t23?,24?,26-,27+,28-,30+/m0/s1. The number of fused-ring (bicyclic) bond motifs is 1. The van der Waals surface area contributed by atoms with Gasteiger partial charge in [0, 0.05) is 0 Å². The van der Waals surface area contributed by atoms with E-state index in [1.807, 2.05) is 13.8 Å². The predicted molar refractivity (Wildman–Crippen MR) is 137 cm³/mol. The molecule has 32 heavy (non-hydrogen) atoms. The third-order valence-electron chi connectivity index (χ3n) is 9.66. The van der Waals surface area contributed by atoms with E-state index in [0.717, 1.165) is 62.2 Å². The summed E-state index contributed by atoms with van der Waals surface area (Å²) in [6.07, 6.45) is 20.5. The summed E-state index contributed by atoms with van der Waals surface area (Å²) in [6, 6.07) is 0. The van der Waals surface area contributed by atoms with Gasteiger partial charge >= 0.3 is 0 Å². The molecule has 2 N–H and O–H groups in total. The van der Waals surface area contributed by atoms with E-state index in [1.165, 1.54) is 68.9 Å². The molecule has 0 aromatic rings. The molecule has 0 aliphatic heterocycles. The summed E-state index contributed by atoms with van der Waals surface area (Å²) in [6.45, 7) is 13.2. The van der Waals surface area contributed by atoms with E-state index >= 15 is 0 Å². The molecule has 0 radical (unpaired) electrons. The third-order valence-corrected chi connectivity index (χ3v) is 9.66. The lowest BCUT2D eigenvalue weighted by atomic mass is 9.49. The number of aliphatic hydroxyl groups excluding tert-OH is 1. The van der Waals surface area contributed by atoms with E-state index in [0.29, 0.717) is 5.41 Å². The zero-order valence-electron chi connectivity index (χ0n) is 21.7. The van der Waals surface area contributed by atoms with Crippen molar-refractivity contribution in [3.8, 4) is 0 Å². The van der Waals surface area contributed by atoms with E-state index in [9.17, 15) is 10.2 Å². The predicted octanol–water partition coefficient (Wildman–Crippen LogP) is 7.98. The molecule has 0 bridgehead atoms. The highest BCUT2D eigenvalue weighted by Crippen LogP contribution is 2.59. The fourth-order valence-corrected chi connectivity index (χ4v) is 7.89. The Bertz CT molecular complexity index is 642. The lowest BCUT2D eigenvalue weighted by molar-refractivity contribution is -0.0639. The Kier molecular flexibility index (Phi) is 9.12. The van der Waals surface area contributed by atoms with Crippen LogP contribution in [0, 0.1) is 29.1 Å². The molecule has 0 spiro atoms. The first-order valence-corrected chi connectivity index (χ1v) is 13.9. The number of allylic oxidation sites excluding steroid dienone is 2. The fourth-order valence-electron chi connectivity index (χ4n) is 7.89. The Morgan fingerprint density at radius 2 is 1.97 bits per heavy atom. The van der Waals surface area contributed by atoms with Gasteiger partial charge in [0.2, 0.25) is 0 Å². The van der Waals surface area contributed by atoms with E-state index in [4.69, 9.17) is 0 Å². The van der Waals surface area contributed by atoms with Crippen LogP contribution in [-0.4, -0.2) is 21.9 Å². The molecule has 0 aromatic carbocycles. The average molecular weight is 445 g/mol. The van der Waals surface area contributed by atoms with Crippen LogP contribution in [0.25, 0.3) is 0 Å². The van der Waals surface area contributed by atoms with Crippen LogP contribution in [-0.2, 0) is 0 Å². The van der Waals surface area contributed by atoms with Crippen LogP contribution in [0.15, 0.2) is 23.8 Å². The first-order valence-electron chi connectivity index (χ1n) is 13.9. The van der Waals surface area contributed by atoms with Gasteiger partial charge in [-0.25, -0.2) is 0 Å². The van der Waals surface area contributed by atoms with E-state index in [2.05, 4.69) is 26.5 Å². The topological polar surface area (TPSA) is 40.5 Å². The summed E-state index contributed by atoms with van der Waals surface area (Å²) in [5.41, 5.74) is 2.58. The minimum Gasteiger partial charge on any atom is -0.393 e. The van der Waals surface area contributed by atoms with Crippen LogP contribution in [0.2, 0.25) is 0 Å². The molecule has 3 aliphatic rings. The molecule has 184 valence electrons. The molecule has 0 amide bonds. The van der Waals surface area contributed by atoms with Crippen LogP contribution in [0.4, 0.5) is 0 Å². The van der Waals surface area contributed by atoms with Gasteiger partial charge in [0.05, 0.1) is 11.7 Å². The molecular weight excluding hydrogens is 392 g/mol.